The fourth-order valence-electron chi connectivity index (χ4n) is 3.50. The number of sulfone groups is 1. The summed E-state index contributed by atoms with van der Waals surface area (Å²) >= 11 is 0. The average molecular weight is 366 g/mol. The molecule has 7 heteroatoms. The molecule has 1 aromatic rings. The Morgan fingerprint density at radius 1 is 1.16 bits per heavy atom. The number of urea groups is 1. The lowest BCUT2D eigenvalue weighted by molar-refractivity contribution is 0.109. The molecule has 1 N–H and O–H groups in total. The molecule has 6 nitrogen and oxygen atoms in total. The van der Waals surface area contributed by atoms with E-state index in [9.17, 15) is 13.2 Å². The average Bonchev–Trinajstić information content (AvgIpc) is 2.90. The molecule has 2 amide bonds. The quantitative estimate of drug-likeness (QED) is 0.888. The third-order valence-electron chi connectivity index (χ3n) is 4.98. The van der Waals surface area contributed by atoms with Crippen molar-refractivity contribution in [3.8, 4) is 5.75 Å². The van der Waals surface area contributed by atoms with E-state index in [0.29, 0.717) is 19.5 Å². The summed E-state index contributed by atoms with van der Waals surface area (Å²) in [7, 11) is -2.98. The first kappa shape index (κ1) is 18.0. The number of hydrogen-bond acceptors (Lipinski definition) is 4. The summed E-state index contributed by atoms with van der Waals surface area (Å²) in [6.07, 6.45) is 2.19. The summed E-state index contributed by atoms with van der Waals surface area (Å²) < 4.78 is 29.1. The predicted molar refractivity (Wildman–Crippen MR) is 96.7 cm³/mol. The summed E-state index contributed by atoms with van der Waals surface area (Å²) in [5, 5.41) is 2.85. The van der Waals surface area contributed by atoms with Crippen molar-refractivity contribution in [1.29, 1.82) is 0 Å². The molecule has 1 aromatic carbocycles. The lowest BCUT2D eigenvalue weighted by Gasteiger charge is -2.33. The first-order valence-electron chi connectivity index (χ1n) is 8.83. The van der Waals surface area contributed by atoms with Crippen LogP contribution in [0.1, 0.15) is 30.4 Å². The minimum atomic E-state index is -2.98. The van der Waals surface area contributed by atoms with Gasteiger partial charge in [-0.25, -0.2) is 13.2 Å². The van der Waals surface area contributed by atoms with Crippen molar-refractivity contribution in [2.75, 3.05) is 24.6 Å². The Morgan fingerprint density at radius 2 is 1.80 bits per heavy atom. The topological polar surface area (TPSA) is 75.7 Å². The van der Waals surface area contributed by atoms with Crippen LogP contribution in [0.3, 0.4) is 0 Å². The van der Waals surface area contributed by atoms with Crippen molar-refractivity contribution in [2.24, 2.45) is 0 Å². The van der Waals surface area contributed by atoms with Crippen LogP contribution in [0.15, 0.2) is 18.2 Å². The molecule has 2 fully saturated rings. The Labute approximate surface area is 149 Å². The summed E-state index contributed by atoms with van der Waals surface area (Å²) in [6, 6.07) is 5.70. The number of carbonyl (C=O) groups is 1. The van der Waals surface area contributed by atoms with Gasteiger partial charge in [-0.3, -0.25) is 0 Å². The van der Waals surface area contributed by atoms with Crippen LogP contribution in [-0.2, 0) is 9.84 Å². The van der Waals surface area contributed by atoms with Gasteiger partial charge in [-0.05, 0) is 31.4 Å². The molecular formula is C18H26N2O4S. The second-order valence-corrected chi connectivity index (χ2v) is 9.30. The Morgan fingerprint density at radius 3 is 2.36 bits per heavy atom. The number of nitrogens with zero attached hydrogens (tertiary/aromatic N) is 1. The third-order valence-corrected chi connectivity index (χ3v) is 6.75. The van der Waals surface area contributed by atoms with Crippen molar-refractivity contribution < 1.29 is 17.9 Å². The van der Waals surface area contributed by atoms with E-state index in [1.807, 2.05) is 32.0 Å². The number of amides is 2. The highest BCUT2D eigenvalue weighted by atomic mass is 32.2. The summed E-state index contributed by atoms with van der Waals surface area (Å²) in [5.41, 5.74) is 2.25. The van der Waals surface area contributed by atoms with E-state index < -0.39 is 9.84 Å². The van der Waals surface area contributed by atoms with Gasteiger partial charge in [0.05, 0.1) is 11.5 Å². The van der Waals surface area contributed by atoms with Crippen LogP contribution in [0.25, 0.3) is 0 Å². The molecular weight excluding hydrogens is 340 g/mol. The van der Waals surface area contributed by atoms with Crippen molar-refractivity contribution in [3.05, 3.63) is 29.3 Å². The molecule has 3 rings (SSSR count). The molecule has 2 aliphatic heterocycles. The molecule has 25 heavy (non-hydrogen) atoms. The van der Waals surface area contributed by atoms with Gasteiger partial charge >= 0.3 is 6.03 Å². The number of benzene rings is 1. The number of ether oxygens (including phenoxy) is 1. The molecule has 0 radical (unpaired) electrons. The van der Waals surface area contributed by atoms with Crippen LogP contribution in [0, 0.1) is 13.8 Å². The molecule has 2 aliphatic rings. The normalized spacial score (nSPS) is 23.4. The smallest absolute Gasteiger partial charge is 0.317 e. The lowest BCUT2D eigenvalue weighted by Crippen LogP contribution is -2.49. The number of para-hydroxylation sites is 1. The van der Waals surface area contributed by atoms with Crippen LogP contribution in [0.2, 0.25) is 0 Å². The standard InChI is InChI=1S/C18H26N2O4S/c1-13-4-3-5-14(2)17(13)24-16-6-9-20(10-7-16)18(21)19-15-8-11-25(22,23)12-15/h3-5,15-16H,6-12H2,1-2H3,(H,19,21)/t15-/m0/s1. The zero-order valence-electron chi connectivity index (χ0n) is 14.8. The Balaban J connectivity index is 1.49. The Bertz CT molecular complexity index is 719. The second-order valence-electron chi connectivity index (χ2n) is 7.07. The molecule has 2 saturated heterocycles. The Hall–Kier alpha value is -1.76. The fourth-order valence-corrected chi connectivity index (χ4v) is 5.18. The van der Waals surface area contributed by atoms with Gasteiger partial charge in [0.25, 0.3) is 0 Å². The SMILES string of the molecule is Cc1cccc(C)c1OC1CCN(C(=O)N[C@H]2CCS(=O)(=O)C2)CC1. The van der Waals surface area contributed by atoms with Crippen molar-refractivity contribution in [3.63, 3.8) is 0 Å². The third kappa shape index (κ3) is 4.45. The fraction of sp³-hybridized carbons (Fsp3) is 0.611. The van der Waals surface area contributed by atoms with Crippen LogP contribution in [-0.4, -0.2) is 56.1 Å². The van der Waals surface area contributed by atoms with Gasteiger partial charge in [0.2, 0.25) is 0 Å². The second kappa shape index (κ2) is 7.23. The van der Waals surface area contributed by atoms with Gasteiger partial charge in [0.1, 0.15) is 11.9 Å². The van der Waals surface area contributed by atoms with Gasteiger partial charge in [0.15, 0.2) is 9.84 Å². The molecule has 2 heterocycles. The molecule has 0 spiro atoms. The molecule has 138 valence electrons. The number of rotatable bonds is 3. The lowest BCUT2D eigenvalue weighted by atomic mass is 10.1. The van der Waals surface area contributed by atoms with Crippen molar-refractivity contribution >= 4 is 15.9 Å². The summed E-state index contributed by atoms with van der Waals surface area (Å²) in [4.78, 5) is 14.1. The number of piperidine rings is 1. The summed E-state index contributed by atoms with van der Waals surface area (Å²) in [6.45, 7) is 5.34. The molecule has 0 aliphatic carbocycles. The highest BCUT2D eigenvalue weighted by molar-refractivity contribution is 7.91. The van der Waals surface area contributed by atoms with Crippen molar-refractivity contribution in [1.82, 2.24) is 10.2 Å². The van der Waals surface area contributed by atoms with Crippen LogP contribution in [0.4, 0.5) is 4.79 Å². The predicted octanol–water partition coefficient (Wildman–Crippen LogP) is 2.04. The van der Waals surface area contributed by atoms with Crippen molar-refractivity contribution in [2.45, 2.75) is 45.3 Å². The van der Waals surface area contributed by atoms with Gasteiger partial charge in [-0.1, -0.05) is 18.2 Å². The van der Waals surface area contributed by atoms with E-state index in [1.165, 1.54) is 0 Å². The van der Waals surface area contributed by atoms with Gasteiger partial charge < -0.3 is 15.0 Å². The van der Waals surface area contributed by atoms with E-state index in [-0.39, 0.29) is 29.7 Å². The van der Waals surface area contributed by atoms with Gasteiger partial charge in [-0.2, -0.15) is 0 Å². The first-order valence-corrected chi connectivity index (χ1v) is 10.6. The number of nitrogens with one attached hydrogen (secondary N) is 1. The molecule has 0 bridgehead atoms. The largest absolute Gasteiger partial charge is 0.490 e. The molecule has 1 atom stereocenters. The number of aryl methyl sites for hydroxylation is 2. The monoisotopic (exact) mass is 366 g/mol. The Kier molecular flexibility index (Phi) is 5.22. The van der Waals surface area contributed by atoms with Gasteiger partial charge in [-0.15, -0.1) is 0 Å². The van der Waals surface area contributed by atoms with E-state index in [2.05, 4.69) is 5.32 Å². The minimum absolute atomic E-state index is 0.0604. The molecule has 0 unspecified atom stereocenters. The highest BCUT2D eigenvalue weighted by Gasteiger charge is 2.31. The number of hydrogen-bond donors (Lipinski definition) is 1. The van der Waals surface area contributed by atoms with E-state index in [0.717, 1.165) is 29.7 Å². The van der Waals surface area contributed by atoms with E-state index in [4.69, 9.17) is 4.74 Å². The van der Waals surface area contributed by atoms with Crippen LogP contribution >= 0.6 is 0 Å². The number of likely N-dealkylation sites (tertiary alicyclic amines) is 1. The minimum Gasteiger partial charge on any atom is -0.490 e. The summed E-state index contributed by atoms with van der Waals surface area (Å²) in [5.74, 6) is 1.18. The maximum Gasteiger partial charge on any atom is 0.317 e. The number of carbonyl (C=O) groups excluding carboxylic acids is 1. The molecule has 0 saturated carbocycles. The molecule has 0 aromatic heterocycles. The zero-order chi connectivity index (χ0) is 18.0. The first-order chi connectivity index (χ1) is 11.8. The maximum atomic E-state index is 12.3. The maximum absolute atomic E-state index is 12.3. The van der Waals surface area contributed by atoms with Gasteiger partial charge in [0, 0.05) is 32.0 Å². The zero-order valence-corrected chi connectivity index (χ0v) is 15.6. The van der Waals surface area contributed by atoms with E-state index >= 15 is 0 Å². The van der Waals surface area contributed by atoms with Crippen LogP contribution in [0.5, 0.6) is 5.75 Å². The highest BCUT2D eigenvalue weighted by Crippen LogP contribution is 2.26. The van der Waals surface area contributed by atoms with Crippen LogP contribution < -0.4 is 10.1 Å². The van der Waals surface area contributed by atoms with E-state index in [1.54, 1.807) is 4.90 Å².